The Hall–Kier alpha value is -0.0800. The lowest BCUT2D eigenvalue weighted by atomic mass is 9.87. The summed E-state index contributed by atoms with van der Waals surface area (Å²) in [5, 5.41) is 0. The second kappa shape index (κ2) is 6.61. The molecule has 2 N–H and O–H groups in total. The van der Waals surface area contributed by atoms with Crippen molar-refractivity contribution in [1.29, 1.82) is 0 Å². The first-order chi connectivity index (χ1) is 7.74. The number of hydrogen-bond donors (Lipinski definition) is 1. The third kappa shape index (κ3) is 3.21. The van der Waals surface area contributed by atoms with Crippen molar-refractivity contribution in [3.63, 3.8) is 0 Å². The van der Waals surface area contributed by atoms with Crippen molar-refractivity contribution in [2.45, 2.75) is 77.3 Å². The third-order valence-corrected chi connectivity index (χ3v) is 4.10. The molecule has 0 aliphatic heterocycles. The minimum absolute atomic E-state index is 0.299. The van der Waals surface area contributed by atoms with Gasteiger partial charge in [-0.1, -0.05) is 33.6 Å². The second-order valence-corrected chi connectivity index (χ2v) is 5.31. The van der Waals surface area contributed by atoms with Crippen molar-refractivity contribution < 1.29 is 0 Å². The second-order valence-electron chi connectivity index (χ2n) is 5.31. The molecule has 0 heterocycles. The van der Waals surface area contributed by atoms with Crippen molar-refractivity contribution in [2.24, 2.45) is 5.73 Å². The van der Waals surface area contributed by atoms with E-state index in [1.807, 2.05) is 0 Å². The predicted octanol–water partition coefficient (Wildman–Crippen LogP) is 3.16. The number of unbranched alkanes of at least 4 members (excludes halogenated alkanes) is 1. The molecule has 0 aromatic heterocycles. The van der Waals surface area contributed by atoms with E-state index in [1.54, 1.807) is 0 Å². The molecule has 1 unspecified atom stereocenters. The maximum Gasteiger partial charge on any atom is 0.0332 e. The smallest absolute Gasteiger partial charge is 0.0332 e. The Morgan fingerprint density at radius 1 is 1.19 bits per heavy atom. The van der Waals surface area contributed by atoms with Gasteiger partial charge in [-0.25, -0.2) is 0 Å². The minimum Gasteiger partial charge on any atom is -0.329 e. The van der Waals surface area contributed by atoms with Crippen LogP contribution in [0.15, 0.2) is 0 Å². The van der Waals surface area contributed by atoms with Gasteiger partial charge < -0.3 is 5.73 Å². The Bertz CT molecular complexity index is 183. The average molecular weight is 226 g/mol. The lowest BCUT2D eigenvalue weighted by Crippen LogP contribution is -2.54. The number of nitrogens with two attached hydrogens (primary N) is 1. The SMILES string of the molecule is CCCCC(CC)(CN)N(CCC)C1CC1. The average Bonchev–Trinajstić information content (AvgIpc) is 3.13. The van der Waals surface area contributed by atoms with Crippen molar-refractivity contribution in [2.75, 3.05) is 13.1 Å². The molecule has 1 fully saturated rings. The molecule has 0 spiro atoms. The van der Waals surface area contributed by atoms with Crippen LogP contribution in [0.4, 0.5) is 0 Å². The maximum atomic E-state index is 6.11. The van der Waals surface area contributed by atoms with Crippen LogP contribution in [-0.4, -0.2) is 29.6 Å². The summed E-state index contributed by atoms with van der Waals surface area (Å²) in [7, 11) is 0. The molecule has 2 heteroatoms. The molecular weight excluding hydrogens is 196 g/mol. The van der Waals surface area contributed by atoms with Crippen LogP contribution >= 0.6 is 0 Å². The van der Waals surface area contributed by atoms with E-state index in [-0.39, 0.29) is 0 Å². The molecule has 0 radical (unpaired) electrons. The van der Waals surface area contributed by atoms with E-state index in [2.05, 4.69) is 25.7 Å². The highest BCUT2D eigenvalue weighted by Crippen LogP contribution is 2.36. The van der Waals surface area contributed by atoms with E-state index in [0.717, 1.165) is 12.6 Å². The number of nitrogens with zero attached hydrogens (tertiary/aromatic N) is 1. The van der Waals surface area contributed by atoms with Crippen molar-refractivity contribution in [1.82, 2.24) is 4.90 Å². The summed E-state index contributed by atoms with van der Waals surface area (Å²) in [5.41, 5.74) is 6.41. The lowest BCUT2D eigenvalue weighted by molar-refractivity contribution is 0.0695. The fraction of sp³-hybridized carbons (Fsp3) is 1.00. The standard InChI is InChI=1S/C14H30N2/c1-4-7-10-14(6-3,12-15)16(11-5-2)13-8-9-13/h13H,4-12,15H2,1-3H3. The summed E-state index contributed by atoms with van der Waals surface area (Å²) in [6.45, 7) is 8.94. The molecule has 1 saturated carbocycles. The van der Waals surface area contributed by atoms with Crippen molar-refractivity contribution in [3.05, 3.63) is 0 Å². The zero-order valence-corrected chi connectivity index (χ0v) is 11.5. The Morgan fingerprint density at radius 2 is 1.88 bits per heavy atom. The van der Waals surface area contributed by atoms with Gasteiger partial charge in [-0.2, -0.15) is 0 Å². The lowest BCUT2D eigenvalue weighted by Gasteiger charge is -2.43. The Balaban J connectivity index is 2.69. The van der Waals surface area contributed by atoms with E-state index < -0.39 is 0 Å². The summed E-state index contributed by atoms with van der Waals surface area (Å²) in [6, 6.07) is 0.848. The molecule has 0 saturated heterocycles. The Morgan fingerprint density at radius 3 is 2.25 bits per heavy atom. The molecule has 1 atom stereocenters. The zero-order chi connectivity index (χ0) is 12.0. The van der Waals surface area contributed by atoms with Crippen molar-refractivity contribution in [3.8, 4) is 0 Å². The van der Waals surface area contributed by atoms with Gasteiger partial charge >= 0.3 is 0 Å². The summed E-state index contributed by atoms with van der Waals surface area (Å²) >= 11 is 0. The summed E-state index contributed by atoms with van der Waals surface area (Å²) in [5.74, 6) is 0. The van der Waals surface area contributed by atoms with Crippen LogP contribution in [-0.2, 0) is 0 Å². The van der Waals surface area contributed by atoms with Gasteiger partial charge in [-0.05, 0) is 38.6 Å². The summed E-state index contributed by atoms with van der Waals surface area (Å²) < 4.78 is 0. The van der Waals surface area contributed by atoms with Crippen LogP contribution in [0.25, 0.3) is 0 Å². The molecule has 96 valence electrons. The summed E-state index contributed by atoms with van der Waals surface area (Å²) in [6.07, 6.45) is 9.14. The van der Waals surface area contributed by atoms with Crippen LogP contribution < -0.4 is 5.73 Å². The van der Waals surface area contributed by atoms with E-state index in [1.165, 1.54) is 51.5 Å². The van der Waals surface area contributed by atoms with Crippen LogP contribution in [0.2, 0.25) is 0 Å². The first-order valence-electron chi connectivity index (χ1n) is 7.20. The van der Waals surface area contributed by atoms with Gasteiger partial charge in [0, 0.05) is 18.1 Å². The van der Waals surface area contributed by atoms with Crippen LogP contribution in [0.1, 0.15) is 65.7 Å². The molecule has 0 amide bonds. The summed E-state index contributed by atoms with van der Waals surface area (Å²) in [4.78, 5) is 2.74. The first-order valence-corrected chi connectivity index (χ1v) is 7.20. The van der Waals surface area contributed by atoms with Gasteiger partial charge in [0.25, 0.3) is 0 Å². The third-order valence-electron chi connectivity index (χ3n) is 4.10. The fourth-order valence-electron chi connectivity index (χ4n) is 2.83. The Kier molecular flexibility index (Phi) is 5.77. The minimum atomic E-state index is 0.299. The molecule has 1 aliphatic carbocycles. The molecule has 1 aliphatic rings. The highest BCUT2D eigenvalue weighted by atomic mass is 15.3. The van der Waals surface area contributed by atoms with Crippen LogP contribution in [0.3, 0.4) is 0 Å². The predicted molar refractivity (Wildman–Crippen MR) is 71.6 cm³/mol. The van der Waals surface area contributed by atoms with Gasteiger partial charge in [0.05, 0.1) is 0 Å². The molecule has 16 heavy (non-hydrogen) atoms. The molecule has 0 bridgehead atoms. The van der Waals surface area contributed by atoms with E-state index >= 15 is 0 Å². The highest BCUT2D eigenvalue weighted by molar-refractivity contribution is 4.98. The topological polar surface area (TPSA) is 29.3 Å². The van der Waals surface area contributed by atoms with E-state index in [0.29, 0.717) is 5.54 Å². The van der Waals surface area contributed by atoms with Gasteiger partial charge in [0.15, 0.2) is 0 Å². The zero-order valence-electron chi connectivity index (χ0n) is 11.5. The van der Waals surface area contributed by atoms with Crippen LogP contribution in [0, 0.1) is 0 Å². The molecule has 2 nitrogen and oxygen atoms in total. The van der Waals surface area contributed by atoms with Crippen molar-refractivity contribution >= 4 is 0 Å². The molecular formula is C14H30N2. The van der Waals surface area contributed by atoms with E-state index in [9.17, 15) is 0 Å². The number of rotatable bonds is 9. The highest BCUT2D eigenvalue weighted by Gasteiger charge is 2.41. The quantitative estimate of drug-likeness (QED) is 0.654. The van der Waals surface area contributed by atoms with E-state index in [4.69, 9.17) is 5.73 Å². The fourth-order valence-corrected chi connectivity index (χ4v) is 2.83. The normalized spacial score (nSPS) is 20.1. The van der Waals surface area contributed by atoms with Gasteiger partial charge in [-0.3, -0.25) is 4.90 Å². The molecule has 1 rings (SSSR count). The van der Waals surface area contributed by atoms with Gasteiger partial charge in [-0.15, -0.1) is 0 Å². The largest absolute Gasteiger partial charge is 0.329 e. The monoisotopic (exact) mass is 226 g/mol. The van der Waals surface area contributed by atoms with Gasteiger partial charge in [0.1, 0.15) is 0 Å². The van der Waals surface area contributed by atoms with Gasteiger partial charge in [0.2, 0.25) is 0 Å². The number of hydrogen-bond acceptors (Lipinski definition) is 2. The Labute approximate surface area is 102 Å². The van der Waals surface area contributed by atoms with Crippen LogP contribution in [0.5, 0.6) is 0 Å². The molecule has 0 aromatic carbocycles. The first kappa shape index (κ1) is 14.0. The maximum absolute atomic E-state index is 6.11. The molecule has 0 aromatic rings.